The lowest BCUT2D eigenvalue weighted by Crippen LogP contribution is -2.73. The predicted octanol–water partition coefficient (Wildman–Crippen LogP) is 2.40. The molecule has 0 spiro atoms. The Kier molecular flexibility index (Phi) is 8.52. The molecule has 2 heterocycles. The van der Waals surface area contributed by atoms with Gasteiger partial charge in [0.1, 0.15) is 17.2 Å². The summed E-state index contributed by atoms with van der Waals surface area (Å²) in [6.45, 7) is 3.42. The van der Waals surface area contributed by atoms with Gasteiger partial charge in [0.05, 0.1) is 30.2 Å². The monoisotopic (exact) mass is 601 g/mol. The Balaban J connectivity index is 1.57. The van der Waals surface area contributed by atoms with E-state index in [1.54, 1.807) is 54.6 Å². The van der Waals surface area contributed by atoms with Crippen LogP contribution in [0, 0.1) is 5.92 Å². The fraction of sp³-hybridized carbons (Fsp3) is 0.269. The summed E-state index contributed by atoms with van der Waals surface area (Å²) >= 11 is 4.09. The average molecular weight is 602 g/mol. The van der Waals surface area contributed by atoms with E-state index in [0.717, 1.165) is 16.3 Å². The first-order chi connectivity index (χ1) is 18.3. The molecule has 38 heavy (non-hydrogen) atoms. The molecule has 2 aliphatic heterocycles. The molecule has 2 aromatic rings. The number of rotatable bonds is 11. The molecule has 1 fully saturated rings. The van der Waals surface area contributed by atoms with Gasteiger partial charge in [0.2, 0.25) is 5.91 Å². The van der Waals surface area contributed by atoms with E-state index in [2.05, 4.69) is 27.8 Å². The van der Waals surface area contributed by atoms with Gasteiger partial charge in [0, 0.05) is 5.33 Å². The lowest BCUT2D eigenvalue weighted by Gasteiger charge is -2.51. The van der Waals surface area contributed by atoms with Crippen LogP contribution in [0.3, 0.4) is 0 Å². The number of para-hydroxylation sites is 1. The molecule has 4 atom stereocenters. The first kappa shape index (κ1) is 27.4. The number of ether oxygens (including phenoxy) is 2. The minimum absolute atomic E-state index is 0.159. The number of methoxy groups -OCH3 is 1. The second-order valence-corrected chi connectivity index (χ2v) is 10.1. The molecule has 4 rings (SSSR count). The van der Waals surface area contributed by atoms with Crippen molar-refractivity contribution >= 4 is 57.5 Å². The summed E-state index contributed by atoms with van der Waals surface area (Å²) in [7, 11) is 1.23. The summed E-state index contributed by atoms with van der Waals surface area (Å²) < 4.78 is 11.3. The van der Waals surface area contributed by atoms with Crippen molar-refractivity contribution in [2.75, 3.05) is 19.0 Å². The topological polar surface area (TPSA) is 122 Å². The Labute approximate surface area is 231 Å². The molecule has 198 valence electrons. The maximum atomic E-state index is 13.3. The third kappa shape index (κ3) is 5.18. The van der Waals surface area contributed by atoms with Crippen molar-refractivity contribution in [2.45, 2.75) is 17.5 Å². The number of amides is 4. The Bertz CT molecular complexity index is 1240. The predicted molar refractivity (Wildman–Crippen MR) is 142 cm³/mol. The molecule has 2 aromatic carbocycles. The number of carbonyl (C=O) groups is 5. The van der Waals surface area contributed by atoms with E-state index in [1.165, 1.54) is 18.1 Å². The maximum absolute atomic E-state index is 13.3. The molecule has 2 aliphatic rings. The van der Waals surface area contributed by atoms with Crippen LogP contribution in [0.25, 0.3) is 0 Å². The molecule has 0 bridgehead atoms. The third-order valence-electron chi connectivity index (χ3n) is 6.12. The summed E-state index contributed by atoms with van der Waals surface area (Å²) in [5.74, 6) is -3.06. The first-order valence-electron chi connectivity index (χ1n) is 11.5. The number of benzene rings is 2. The van der Waals surface area contributed by atoms with E-state index >= 15 is 0 Å². The number of halogens is 1. The summed E-state index contributed by atoms with van der Waals surface area (Å²) in [6.07, 6.45) is 1.42. The van der Waals surface area contributed by atoms with Crippen molar-refractivity contribution in [1.29, 1.82) is 0 Å². The largest absolute Gasteiger partial charge is 0.484 e. The number of hydrogen-bond donors (Lipinski definition) is 1. The van der Waals surface area contributed by atoms with Crippen LogP contribution in [0.2, 0.25) is 0 Å². The van der Waals surface area contributed by atoms with Crippen LogP contribution in [0.5, 0.6) is 5.75 Å². The second-order valence-electron chi connectivity index (χ2n) is 8.35. The van der Waals surface area contributed by atoms with Crippen LogP contribution >= 0.6 is 27.9 Å². The van der Waals surface area contributed by atoms with Gasteiger partial charge in [-0.1, -0.05) is 52.3 Å². The van der Waals surface area contributed by atoms with Gasteiger partial charge in [-0.2, -0.15) is 0 Å². The van der Waals surface area contributed by atoms with Gasteiger partial charge in [-0.25, -0.2) is 4.31 Å². The normalized spacial score (nSPS) is 19.8. The van der Waals surface area contributed by atoms with Gasteiger partial charge in [-0.05, 0) is 36.2 Å². The molecule has 1 N–H and O–H groups in total. The van der Waals surface area contributed by atoms with Crippen LogP contribution in [-0.2, 0) is 19.1 Å². The molecular weight excluding hydrogens is 578 g/mol. The van der Waals surface area contributed by atoms with Gasteiger partial charge < -0.3 is 19.7 Å². The SMILES string of the molecule is C=CC(C(CBr)C(=O)OC)N1C(=O)C(NC(=O)COc2ccccc2)C1SN1C(=O)c2ccccc2C1=O. The quantitative estimate of drug-likeness (QED) is 0.104. The molecule has 12 heteroatoms. The summed E-state index contributed by atoms with van der Waals surface area (Å²) in [4.78, 5) is 65.8. The van der Waals surface area contributed by atoms with Crippen LogP contribution in [0.1, 0.15) is 20.7 Å². The zero-order valence-electron chi connectivity index (χ0n) is 20.2. The highest BCUT2D eigenvalue weighted by molar-refractivity contribution is 9.09. The van der Waals surface area contributed by atoms with Gasteiger partial charge in [0.25, 0.3) is 17.7 Å². The van der Waals surface area contributed by atoms with Crippen LogP contribution in [-0.4, -0.2) is 75.3 Å². The molecular formula is C26H24BrN3O7S. The van der Waals surface area contributed by atoms with Gasteiger partial charge >= 0.3 is 5.97 Å². The lowest BCUT2D eigenvalue weighted by molar-refractivity contribution is -0.157. The van der Waals surface area contributed by atoms with Crippen LogP contribution in [0.15, 0.2) is 67.3 Å². The van der Waals surface area contributed by atoms with E-state index in [-0.39, 0.29) is 23.1 Å². The van der Waals surface area contributed by atoms with Crippen molar-refractivity contribution < 1.29 is 33.4 Å². The number of carbonyl (C=O) groups excluding carboxylic acids is 5. The molecule has 0 aromatic heterocycles. The summed E-state index contributed by atoms with van der Waals surface area (Å²) in [6, 6.07) is 13.2. The number of likely N-dealkylation sites (tertiary alicyclic amines) is 1. The van der Waals surface area contributed by atoms with E-state index in [0.29, 0.717) is 5.75 Å². The minimum Gasteiger partial charge on any atom is -0.484 e. The maximum Gasteiger partial charge on any atom is 0.311 e. The standard InChI is InChI=1S/C26H24BrN3O7S/c1-3-19(18(13-27)26(35)36-2)29-24(34)21(28-20(31)14-37-15-9-5-4-6-10-15)25(29)38-30-22(32)16-11-7-8-12-17(16)23(30)33/h3-12,18-19,21,25H,1,13-14H2,2H3,(H,28,31). The van der Waals surface area contributed by atoms with Gasteiger partial charge in [-0.3, -0.25) is 24.0 Å². The van der Waals surface area contributed by atoms with Gasteiger partial charge in [-0.15, -0.1) is 6.58 Å². The Morgan fingerprint density at radius 1 is 1.08 bits per heavy atom. The highest BCUT2D eigenvalue weighted by Crippen LogP contribution is 2.40. The zero-order valence-corrected chi connectivity index (χ0v) is 22.6. The Morgan fingerprint density at radius 2 is 1.68 bits per heavy atom. The van der Waals surface area contributed by atoms with Crippen molar-refractivity contribution in [3.05, 3.63) is 78.4 Å². The molecule has 0 aliphatic carbocycles. The number of alkyl halides is 1. The number of fused-ring (bicyclic) bond motifs is 1. The average Bonchev–Trinajstić information content (AvgIpc) is 3.19. The van der Waals surface area contributed by atoms with Crippen molar-refractivity contribution in [1.82, 2.24) is 14.5 Å². The Morgan fingerprint density at radius 3 is 2.24 bits per heavy atom. The molecule has 0 radical (unpaired) electrons. The number of imide groups is 1. The smallest absolute Gasteiger partial charge is 0.311 e. The van der Waals surface area contributed by atoms with E-state index in [1.807, 2.05) is 0 Å². The summed E-state index contributed by atoms with van der Waals surface area (Å²) in [5, 5.41) is 1.89. The van der Waals surface area contributed by atoms with Gasteiger partial charge in [0.15, 0.2) is 6.61 Å². The first-order valence-corrected chi connectivity index (χ1v) is 13.5. The number of β-lactam (4-membered cyclic amide) rings is 1. The highest BCUT2D eigenvalue weighted by Gasteiger charge is 2.55. The Hall–Kier alpha value is -3.64. The number of hydrogen-bond acceptors (Lipinski definition) is 8. The molecule has 1 saturated heterocycles. The highest BCUT2D eigenvalue weighted by atomic mass is 79.9. The van der Waals surface area contributed by atoms with E-state index < -0.39 is 53.0 Å². The molecule has 4 amide bonds. The number of esters is 1. The second kappa shape index (κ2) is 11.8. The zero-order chi connectivity index (χ0) is 27.4. The van der Waals surface area contributed by atoms with E-state index in [9.17, 15) is 24.0 Å². The van der Waals surface area contributed by atoms with Crippen LogP contribution in [0.4, 0.5) is 0 Å². The van der Waals surface area contributed by atoms with E-state index in [4.69, 9.17) is 9.47 Å². The van der Waals surface area contributed by atoms with Crippen molar-refractivity contribution in [2.24, 2.45) is 5.92 Å². The van der Waals surface area contributed by atoms with Crippen molar-refractivity contribution in [3.8, 4) is 5.75 Å². The van der Waals surface area contributed by atoms with Crippen molar-refractivity contribution in [3.63, 3.8) is 0 Å². The third-order valence-corrected chi connectivity index (χ3v) is 8.08. The lowest BCUT2D eigenvalue weighted by atomic mass is 9.94. The summed E-state index contributed by atoms with van der Waals surface area (Å²) in [5.41, 5.74) is 0.486. The van der Waals surface area contributed by atoms with Crippen LogP contribution < -0.4 is 10.1 Å². The minimum atomic E-state index is -1.09. The molecule has 0 saturated carbocycles. The fourth-order valence-corrected chi connectivity index (χ4v) is 6.12. The molecule has 4 unspecified atom stereocenters. The number of nitrogens with zero attached hydrogens (tertiary/aromatic N) is 2. The fourth-order valence-electron chi connectivity index (χ4n) is 4.22. The molecule has 10 nitrogen and oxygen atoms in total. The number of nitrogens with one attached hydrogen (secondary N) is 1.